The van der Waals surface area contributed by atoms with Gasteiger partial charge in [-0.3, -0.25) is 4.79 Å². The number of nitrogens with one attached hydrogen (secondary N) is 2. The van der Waals surface area contributed by atoms with Gasteiger partial charge in [0.15, 0.2) is 0 Å². The van der Waals surface area contributed by atoms with E-state index < -0.39 is 0 Å². The summed E-state index contributed by atoms with van der Waals surface area (Å²) in [4.78, 5) is 12.6. The molecule has 2 rings (SSSR count). The lowest BCUT2D eigenvalue weighted by atomic mass is 9.90. The summed E-state index contributed by atoms with van der Waals surface area (Å²) in [5.41, 5.74) is 0.269. The Bertz CT molecular complexity index is 460. The molecule has 0 bridgehead atoms. The van der Waals surface area contributed by atoms with Gasteiger partial charge in [0.25, 0.3) is 5.91 Å². The van der Waals surface area contributed by atoms with Gasteiger partial charge in [0.05, 0.1) is 14.2 Å². The van der Waals surface area contributed by atoms with E-state index in [9.17, 15) is 4.79 Å². The van der Waals surface area contributed by atoms with E-state index >= 15 is 0 Å². The van der Waals surface area contributed by atoms with Crippen molar-refractivity contribution in [1.29, 1.82) is 0 Å². The summed E-state index contributed by atoms with van der Waals surface area (Å²) in [7, 11) is 3.11. The van der Waals surface area contributed by atoms with Crippen LogP contribution in [0.3, 0.4) is 0 Å². The lowest BCUT2D eigenvalue weighted by Gasteiger charge is -2.35. The Morgan fingerprint density at radius 3 is 2.25 bits per heavy atom. The number of methoxy groups -OCH3 is 2. The minimum absolute atomic E-state index is 0.149. The van der Waals surface area contributed by atoms with Crippen LogP contribution in [0.5, 0.6) is 11.5 Å². The third-order valence-corrected chi connectivity index (χ3v) is 3.78. The number of ether oxygens (including phenoxy) is 2. The number of benzene rings is 1. The molecule has 2 N–H and O–H groups in total. The first-order valence-electron chi connectivity index (χ1n) is 6.84. The Hall–Kier alpha value is -1.75. The Morgan fingerprint density at radius 2 is 1.75 bits per heavy atom. The molecular formula is C15H22N2O3. The van der Waals surface area contributed by atoms with Gasteiger partial charge in [-0.1, -0.05) is 6.07 Å². The average molecular weight is 278 g/mol. The molecule has 0 spiro atoms. The van der Waals surface area contributed by atoms with Crippen LogP contribution in [0.4, 0.5) is 0 Å². The van der Waals surface area contributed by atoms with Crippen molar-refractivity contribution in [1.82, 2.24) is 10.6 Å². The molecule has 0 atom stereocenters. The van der Waals surface area contributed by atoms with Crippen LogP contribution in [0.25, 0.3) is 0 Å². The van der Waals surface area contributed by atoms with Gasteiger partial charge < -0.3 is 20.1 Å². The van der Waals surface area contributed by atoms with Crippen LogP contribution in [-0.2, 0) is 0 Å². The lowest BCUT2D eigenvalue weighted by molar-refractivity contribution is 0.0881. The van der Waals surface area contributed by atoms with Crippen molar-refractivity contribution in [3.8, 4) is 11.5 Å². The summed E-state index contributed by atoms with van der Waals surface area (Å²) < 4.78 is 10.6. The van der Waals surface area contributed by atoms with Gasteiger partial charge in [-0.15, -0.1) is 0 Å². The number of hydrogen-bond acceptors (Lipinski definition) is 4. The normalized spacial score (nSPS) is 17.4. The van der Waals surface area contributed by atoms with E-state index in [1.807, 2.05) is 0 Å². The minimum Gasteiger partial charge on any atom is -0.496 e. The van der Waals surface area contributed by atoms with Gasteiger partial charge >= 0.3 is 0 Å². The maximum atomic E-state index is 12.6. The number of rotatable bonds is 4. The molecule has 1 amide bonds. The molecule has 1 aromatic carbocycles. The molecule has 1 heterocycles. The fraction of sp³-hybridized carbons (Fsp3) is 0.533. The molecule has 0 aliphatic carbocycles. The van der Waals surface area contributed by atoms with Gasteiger partial charge in [-0.25, -0.2) is 0 Å². The van der Waals surface area contributed by atoms with Crippen molar-refractivity contribution in [3.63, 3.8) is 0 Å². The molecule has 0 aromatic heterocycles. The quantitative estimate of drug-likeness (QED) is 0.878. The third-order valence-electron chi connectivity index (χ3n) is 3.78. The topological polar surface area (TPSA) is 59.6 Å². The molecule has 1 aromatic rings. The zero-order valence-electron chi connectivity index (χ0n) is 12.3. The van der Waals surface area contributed by atoms with Gasteiger partial charge in [0.1, 0.15) is 17.1 Å². The largest absolute Gasteiger partial charge is 0.496 e. The fourth-order valence-corrected chi connectivity index (χ4v) is 2.52. The predicted molar refractivity (Wildman–Crippen MR) is 77.5 cm³/mol. The molecule has 1 fully saturated rings. The minimum atomic E-state index is -0.186. The molecule has 0 unspecified atom stereocenters. The lowest BCUT2D eigenvalue weighted by Crippen LogP contribution is -2.52. The van der Waals surface area contributed by atoms with Crippen LogP contribution >= 0.6 is 0 Å². The van der Waals surface area contributed by atoms with Crippen molar-refractivity contribution in [2.24, 2.45) is 0 Å². The summed E-state index contributed by atoms with van der Waals surface area (Å²) in [5, 5.41) is 6.42. The van der Waals surface area contributed by atoms with Crippen molar-refractivity contribution in [3.05, 3.63) is 23.8 Å². The van der Waals surface area contributed by atoms with E-state index in [0.29, 0.717) is 17.1 Å². The highest BCUT2D eigenvalue weighted by atomic mass is 16.5. The zero-order chi connectivity index (χ0) is 14.6. The zero-order valence-corrected chi connectivity index (χ0v) is 12.3. The maximum Gasteiger partial charge on any atom is 0.259 e. The van der Waals surface area contributed by atoms with Crippen LogP contribution in [0, 0.1) is 0 Å². The van der Waals surface area contributed by atoms with Crippen LogP contribution in [0.15, 0.2) is 18.2 Å². The fourth-order valence-electron chi connectivity index (χ4n) is 2.52. The third kappa shape index (κ3) is 3.04. The Morgan fingerprint density at radius 1 is 1.20 bits per heavy atom. The first-order chi connectivity index (χ1) is 9.59. The van der Waals surface area contributed by atoms with Crippen molar-refractivity contribution < 1.29 is 14.3 Å². The Balaban J connectivity index is 2.24. The SMILES string of the molecule is COc1cccc(OC)c1C(=O)NC1(C)CCNCC1. The second-order valence-electron chi connectivity index (χ2n) is 5.30. The van der Waals surface area contributed by atoms with E-state index in [-0.39, 0.29) is 11.4 Å². The smallest absolute Gasteiger partial charge is 0.259 e. The second-order valence-corrected chi connectivity index (χ2v) is 5.30. The van der Waals surface area contributed by atoms with E-state index in [4.69, 9.17) is 9.47 Å². The molecule has 5 heteroatoms. The molecule has 1 saturated heterocycles. The Kier molecular flexibility index (Phi) is 4.49. The summed E-state index contributed by atoms with van der Waals surface area (Å²) in [6.07, 6.45) is 1.83. The van der Waals surface area contributed by atoms with Crippen molar-refractivity contribution in [2.75, 3.05) is 27.3 Å². The van der Waals surface area contributed by atoms with E-state index in [0.717, 1.165) is 25.9 Å². The monoisotopic (exact) mass is 278 g/mol. The predicted octanol–water partition coefficient (Wildman–Crippen LogP) is 1.58. The van der Waals surface area contributed by atoms with Crippen LogP contribution in [-0.4, -0.2) is 38.8 Å². The highest BCUT2D eigenvalue weighted by molar-refractivity contribution is 6.00. The summed E-state index contributed by atoms with van der Waals surface area (Å²) in [5.74, 6) is 0.905. The van der Waals surface area contributed by atoms with E-state index in [1.54, 1.807) is 32.4 Å². The van der Waals surface area contributed by atoms with Crippen LogP contribution in [0.1, 0.15) is 30.1 Å². The maximum absolute atomic E-state index is 12.6. The molecule has 1 aliphatic rings. The second kappa shape index (κ2) is 6.13. The molecule has 1 aliphatic heterocycles. The number of piperidine rings is 1. The van der Waals surface area contributed by atoms with E-state index in [1.165, 1.54) is 0 Å². The van der Waals surface area contributed by atoms with Gasteiger partial charge in [0, 0.05) is 5.54 Å². The van der Waals surface area contributed by atoms with Crippen LogP contribution < -0.4 is 20.1 Å². The molecule has 5 nitrogen and oxygen atoms in total. The Labute approximate surface area is 119 Å². The number of amides is 1. The van der Waals surface area contributed by atoms with Crippen molar-refractivity contribution >= 4 is 5.91 Å². The summed E-state index contributed by atoms with van der Waals surface area (Å²) in [6.45, 7) is 3.91. The molecule has 0 saturated carbocycles. The van der Waals surface area contributed by atoms with Crippen molar-refractivity contribution in [2.45, 2.75) is 25.3 Å². The first kappa shape index (κ1) is 14.7. The first-order valence-corrected chi connectivity index (χ1v) is 6.84. The average Bonchev–Trinajstić information content (AvgIpc) is 2.46. The number of hydrogen-bond donors (Lipinski definition) is 2. The van der Waals surface area contributed by atoms with Crippen LogP contribution in [0.2, 0.25) is 0 Å². The highest BCUT2D eigenvalue weighted by Crippen LogP contribution is 2.29. The van der Waals surface area contributed by atoms with E-state index in [2.05, 4.69) is 17.6 Å². The number of carbonyl (C=O) groups excluding carboxylic acids is 1. The van der Waals surface area contributed by atoms with Gasteiger partial charge in [0.2, 0.25) is 0 Å². The van der Waals surface area contributed by atoms with Gasteiger partial charge in [-0.2, -0.15) is 0 Å². The van der Waals surface area contributed by atoms with Gasteiger partial charge in [-0.05, 0) is 45.0 Å². The molecule has 110 valence electrons. The standard InChI is InChI=1S/C15H22N2O3/c1-15(7-9-16-10-8-15)17-14(18)13-11(19-2)5-4-6-12(13)20-3/h4-6,16H,7-10H2,1-3H3,(H,17,18). The molecule has 0 radical (unpaired) electrons. The molecular weight excluding hydrogens is 256 g/mol. The number of carbonyl (C=O) groups is 1. The molecule has 20 heavy (non-hydrogen) atoms. The highest BCUT2D eigenvalue weighted by Gasteiger charge is 2.30. The summed E-state index contributed by atoms with van der Waals surface area (Å²) >= 11 is 0. The summed E-state index contributed by atoms with van der Waals surface area (Å²) in [6, 6.07) is 5.34.